The van der Waals surface area contributed by atoms with E-state index in [0.29, 0.717) is 30.9 Å². The first-order chi connectivity index (χ1) is 8.76. The van der Waals surface area contributed by atoms with Gasteiger partial charge in [-0.05, 0) is 13.8 Å². The van der Waals surface area contributed by atoms with Gasteiger partial charge in [-0.15, -0.1) is 0 Å². The molecule has 0 atom stereocenters. The highest BCUT2D eigenvalue weighted by Gasteiger charge is 2.13. The fourth-order valence-electron chi connectivity index (χ4n) is 1.71. The molecule has 0 aromatic carbocycles. The molecule has 0 unspecified atom stereocenters. The third-order valence-corrected chi connectivity index (χ3v) is 2.46. The van der Waals surface area contributed by atoms with Gasteiger partial charge in [-0.2, -0.15) is 0 Å². The molecule has 0 spiro atoms. The van der Waals surface area contributed by atoms with Gasteiger partial charge in [0.1, 0.15) is 0 Å². The van der Waals surface area contributed by atoms with Crippen molar-refractivity contribution in [1.29, 1.82) is 0 Å². The Bertz CT molecular complexity index is 557. The molecule has 0 saturated carbocycles. The van der Waals surface area contributed by atoms with E-state index in [1.165, 1.54) is 6.33 Å². The SMILES string of the molecule is CCOC(Cn1cnc2c(=O)[nH]cnc21)OCC. The highest BCUT2D eigenvalue weighted by atomic mass is 16.7. The number of ether oxygens (including phenoxy) is 2. The van der Waals surface area contributed by atoms with Crippen molar-refractivity contribution in [3.63, 3.8) is 0 Å². The van der Waals surface area contributed by atoms with Crippen LogP contribution in [0.3, 0.4) is 0 Å². The fraction of sp³-hybridized carbons (Fsp3) is 0.545. The Morgan fingerprint density at radius 3 is 2.72 bits per heavy atom. The van der Waals surface area contributed by atoms with Crippen LogP contribution in [0.1, 0.15) is 13.8 Å². The molecule has 0 bridgehead atoms. The maximum atomic E-state index is 11.5. The Morgan fingerprint density at radius 2 is 2.06 bits per heavy atom. The second-order valence-corrected chi connectivity index (χ2v) is 3.64. The van der Waals surface area contributed by atoms with Gasteiger partial charge in [-0.1, -0.05) is 0 Å². The maximum absolute atomic E-state index is 11.5. The summed E-state index contributed by atoms with van der Waals surface area (Å²) in [6.07, 6.45) is 2.57. The molecule has 2 aromatic heterocycles. The van der Waals surface area contributed by atoms with Crippen molar-refractivity contribution in [3.05, 3.63) is 23.0 Å². The van der Waals surface area contributed by atoms with Crippen LogP contribution in [0.2, 0.25) is 0 Å². The molecule has 2 aromatic rings. The largest absolute Gasteiger partial charge is 0.351 e. The zero-order valence-corrected chi connectivity index (χ0v) is 10.4. The Morgan fingerprint density at radius 1 is 1.33 bits per heavy atom. The van der Waals surface area contributed by atoms with Crippen LogP contribution < -0.4 is 5.56 Å². The summed E-state index contributed by atoms with van der Waals surface area (Å²) >= 11 is 0. The molecule has 2 rings (SSSR count). The summed E-state index contributed by atoms with van der Waals surface area (Å²) in [5.74, 6) is 0. The zero-order valence-electron chi connectivity index (χ0n) is 10.4. The Kier molecular flexibility index (Phi) is 4.06. The second kappa shape index (κ2) is 5.74. The van der Waals surface area contributed by atoms with E-state index < -0.39 is 0 Å². The molecule has 98 valence electrons. The number of H-pyrrole nitrogens is 1. The lowest BCUT2D eigenvalue weighted by molar-refractivity contribution is -0.143. The lowest BCUT2D eigenvalue weighted by Gasteiger charge is -2.17. The minimum absolute atomic E-state index is 0.247. The number of imidazole rings is 1. The maximum Gasteiger partial charge on any atom is 0.278 e. The molecular formula is C11H16N4O3. The standard InChI is InChI=1S/C11H16N4O3/c1-3-17-8(18-4-2)5-15-7-14-9-10(15)12-6-13-11(9)16/h6-8H,3-5H2,1-2H3,(H,12,13,16). The highest BCUT2D eigenvalue weighted by molar-refractivity contribution is 5.68. The minimum atomic E-state index is -0.363. The normalized spacial score (nSPS) is 11.5. The van der Waals surface area contributed by atoms with Gasteiger partial charge in [0.25, 0.3) is 5.56 Å². The van der Waals surface area contributed by atoms with Crippen molar-refractivity contribution in [2.75, 3.05) is 13.2 Å². The summed E-state index contributed by atoms with van der Waals surface area (Å²) in [6, 6.07) is 0. The summed E-state index contributed by atoms with van der Waals surface area (Å²) in [4.78, 5) is 22.1. The quantitative estimate of drug-likeness (QED) is 0.758. The molecule has 7 heteroatoms. The molecular weight excluding hydrogens is 236 g/mol. The number of aromatic nitrogens is 4. The van der Waals surface area contributed by atoms with Crippen molar-refractivity contribution in [3.8, 4) is 0 Å². The zero-order chi connectivity index (χ0) is 13.0. The summed E-state index contributed by atoms with van der Waals surface area (Å²) < 4.78 is 12.7. The smallest absolute Gasteiger partial charge is 0.278 e. The molecule has 0 saturated heterocycles. The number of rotatable bonds is 6. The van der Waals surface area contributed by atoms with Crippen molar-refractivity contribution < 1.29 is 9.47 Å². The molecule has 7 nitrogen and oxygen atoms in total. The molecule has 0 aliphatic carbocycles. The van der Waals surface area contributed by atoms with E-state index in [9.17, 15) is 4.79 Å². The molecule has 0 amide bonds. The van der Waals surface area contributed by atoms with Crippen LogP contribution in [0.15, 0.2) is 17.4 Å². The Labute approximate surface area is 104 Å². The molecule has 0 aliphatic heterocycles. The van der Waals surface area contributed by atoms with Gasteiger partial charge in [0.2, 0.25) is 0 Å². The first kappa shape index (κ1) is 12.7. The van der Waals surface area contributed by atoms with Crippen molar-refractivity contribution >= 4 is 11.2 Å². The molecule has 0 radical (unpaired) electrons. The van der Waals surface area contributed by atoms with Crippen LogP contribution in [0.25, 0.3) is 11.2 Å². The van der Waals surface area contributed by atoms with Gasteiger partial charge in [0.05, 0.1) is 19.2 Å². The predicted molar refractivity (Wildman–Crippen MR) is 65.2 cm³/mol. The van der Waals surface area contributed by atoms with Crippen LogP contribution in [-0.2, 0) is 16.0 Å². The molecule has 1 N–H and O–H groups in total. The number of nitrogens with zero attached hydrogens (tertiary/aromatic N) is 3. The van der Waals surface area contributed by atoms with Gasteiger partial charge in [0, 0.05) is 13.2 Å². The van der Waals surface area contributed by atoms with Gasteiger partial charge in [0.15, 0.2) is 17.5 Å². The number of hydrogen-bond donors (Lipinski definition) is 1. The van der Waals surface area contributed by atoms with Crippen LogP contribution in [0, 0.1) is 0 Å². The predicted octanol–water partition coefficient (Wildman–Crippen LogP) is 0.519. The fourth-order valence-corrected chi connectivity index (χ4v) is 1.71. The van der Waals surface area contributed by atoms with Gasteiger partial charge in [-0.25, -0.2) is 9.97 Å². The van der Waals surface area contributed by atoms with Crippen LogP contribution in [0.5, 0.6) is 0 Å². The second-order valence-electron chi connectivity index (χ2n) is 3.64. The number of aromatic amines is 1. The lowest BCUT2D eigenvalue weighted by Crippen LogP contribution is -2.23. The summed E-state index contributed by atoms with van der Waals surface area (Å²) in [7, 11) is 0. The van der Waals surface area contributed by atoms with E-state index in [1.54, 1.807) is 10.9 Å². The lowest BCUT2D eigenvalue weighted by atomic mass is 10.5. The Hall–Kier alpha value is -1.73. The molecule has 0 aliphatic rings. The monoisotopic (exact) mass is 252 g/mol. The van der Waals surface area contributed by atoms with Crippen molar-refractivity contribution in [1.82, 2.24) is 19.5 Å². The first-order valence-electron chi connectivity index (χ1n) is 5.88. The first-order valence-corrected chi connectivity index (χ1v) is 5.88. The summed E-state index contributed by atoms with van der Waals surface area (Å²) in [5, 5.41) is 0. The average molecular weight is 252 g/mol. The average Bonchev–Trinajstić information content (AvgIpc) is 2.75. The van der Waals surface area contributed by atoms with E-state index in [0.717, 1.165) is 0 Å². The van der Waals surface area contributed by atoms with E-state index >= 15 is 0 Å². The van der Waals surface area contributed by atoms with Crippen molar-refractivity contribution in [2.24, 2.45) is 0 Å². The van der Waals surface area contributed by atoms with Gasteiger partial charge < -0.3 is 19.0 Å². The third kappa shape index (κ3) is 2.57. The van der Waals surface area contributed by atoms with Crippen molar-refractivity contribution in [2.45, 2.75) is 26.7 Å². The van der Waals surface area contributed by atoms with E-state index in [1.807, 2.05) is 13.8 Å². The minimum Gasteiger partial charge on any atom is -0.351 e. The van der Waals surface area contributed by atoms with Crippen LogP contribution in [-0.4, -0.2) is 39.0 Å². The number of hydrogen-bond acceptors (Lipinski definition) is 5. The number of nitrogens with one attached hydrogen (secondary N) is 1. The molecule has 18 heavy (non-hydrogen) atoms. The third-order valence-electron chi connectivity index (χ3n) is 2.46. The van der Waals surface area contributed by atoms with Crippen LogP contribution >= 0.6 is 0 Å². The molecule has 0 fully saturated rings. The Balaban J connectivity index is 2.25. The van der Waals surface area contributed by atoms with Gasteiger partial charge in [-0.3, -0.25) is 4.79 Å². The highest BCUT2D eigenvalue weighted by Crippen LogP contribution is 2.07. The number of fused-ring (bicyclic) bond motifs is 1. The van der Waals surface area contributed by atoms with E-state index in [4.69, 9.17) is 9.47 Å². The molecule has 2 heterocycles. The topological polar surface area (TPSA) is 82.0 Å². The summed E-state index contributed by atoms with van der Waals surface area (Å²) in [5.41, 5.74) is 0.607. The van der Waals surface area contributed by atoms with Gasteiger partial charge >= 0.3 is 0 Å². The van der Waals surface area contributed by atoms with E-state index in [-0.39, 0.29) is 11.8 Å². The summed E-state index contributed by atoms with van der Waals surface area (Å²) in [6.45, 7) is 5.38. The van der Waals surface area contributed by atoms with Crippen LogP contribution in [0.4, 0.5) is 0 Å². The van der Waals surface area contributed by atoms with E-state index in [2.05, 4.69) is 15.0 Å².